The Morgan fingerprint density at radius 2 is 1.31 bits per heavy atom. The highest BCUT2D eigenvalue weighted by atomic mass is 16.2. The van der Waals surface area contributed by atoms with E-state index in [2.05, 4.69) is 10.3 Å². The van der Waals surface area contributed by atoms with E-state index < -0.39 is 11.8 Å². The van der Waals surface area contributed by atoms with Crippen LogP contribution in [-0.2, 0) is 9.59 Å². The predicted molar refractivity (Wildman–Crippen MR) is 105 cm³/mol. The third kappa shape index (κ3) is 5.87. The maximum absolute atomic E-state index is 12.1. The zero-order valence-electron chi connectivity index (χ0n) is 14.8. The summed E-state index contributed by atoms with van der Waals surface area (Å²) >= 11 is 0. The lowest BCUT2D eigenvalue weighted by atomic mass is 10.1. The van der Waals surface area contributed by atoms with Crippen LogP contribution in [-0.4, -0.2) is 17.8 Å². The maximum Gasteiger partial charge on any atom is 0.275 e. The lowest BCUT2D eigenvalue weighted by Gasteiger charge is -2.05. The Kier molecular flexibility index (Phi) is 6.62. The fraction of sp³-hybridized carbons (Fsp3) is 0.0952. The summed E-state index contributed by atoms with van der Waals surface area (Å²) in [6, 6.07) is 18.8. The lowest BCUT2D eigenvalue weighted by molar-refractivity contribution is -0.116. The topological polar surface area (TPSA) is 84.6 Å². The normalized spacial score (nSPS) is 12.6. The second-order valence-electron chi connectivity index (χ2n) is 5.73. The van der Waals surface area contributed by atoms with Gasteiger partial charge in [-0.05, 0) is 37.1 Å². The molecule has 2 aromatic carbocycles. The molecule has 0 aliphatic carbocycles. The standard InChI is InChI=1S/C21H21N3O2/c1-15(13-17-9-5-3-6-10-17)19(25)23-21(22)24-20(26)16(2)14-18-11-7-4-8-12-18/h3-14H,1-2H3,(H3,22,23,24,25,26)/b15-13-,16-14-. The van der Waals surface area contributed by atoms with Gasteiger partial charge in [0.15, 0.2) is 0 Å². The number of carbonyl (C=O) groups is 2. The van der Waals surface area contributed by atoms with E-state index in [0.29, 0.717) is 11.1 Å². The number of benzene rings is 2. The predicted octanol–water partition coefficient (Wildman–Crippen LogP) is 3.15. The van der Waals surface area contributed by atoms with Crippen molar-refractivity contribution in [2.75, 3.05) is 0 Å². The van der Waals surface area contributed by atoms with Crippen LogP contribution in [0, 0.1) is 0 Å². The summed E-state index contributed by atoms with van der Waals surface area (Å²) in [4.78, 5) is 28.0. The minimum atomic E-state index is -0.503. The summed E-state index contributed by atoms with van der Waals surface area (Å²) in [7, 11) is 0. The summed E-state index contributed by atoms with van der Waals surface area (Å²) in [5.41, 5.74) is 8.34. The van der Waals surface area contributed by atoms with Crippen LogP contribution in [0.2, 0.25) is 0 Å². The molecule has 5 nitrogen and oxygen atoms in total. The second kappa shape index (κ2) is 9.13. The summed E-state index contributed by atoms with van der Waals surface area (Å²) in [6.07, 6.45) is 3.44. The highest BCUT2D eigenvalue weighted by molar-refractivity contribution is 6.11. The molecule has 2 aromatic rings. The van der Waals surface area contributed by atoms with Crippen molar-refractivity contribution in [1.82, 2.24) is 5.32 Å². The fourth-order valence-electron chi connectivity index (χ4n) is 2.17. The number of carbonyl (C=O) groups excluding carboxylic acids is 2. The number of guanidine groups is 1. The number of hydrogen-bond acceptors (Lipinski definition) is 2. The molecule has 5 heteroatoms. The smallest absolute Gasteiger partial charge is 0.275 e. The largest absolute Gasteiger partial charge is 0.369 e. The van der Waals surface area contributed by atoms with E-state index in [0.717, 1.165) is 11.1 Å². The van der Waals surface area contributed by atoms with E-state index in [1.54, 1.807) is 26.0 Å². The van der Waals surface area contributed by atoms with Crippen molar-refractivity contribution in [2.24, 2.45) is 10.7 Å². The van der Waals surface area contributed by atoms with Gasteiger partial charge >= 0.3 is 0 Å². The molecule has 132 valence electrons. The van der Waals surface area contributed by atoms with Crippen LogP contribution in [0.1, 0.15) is 25.0 Å². The summed E-state index contributed by atoms with van der Waals surface area (Å²) in [5, 5.41) is 2.42. The molecule has 0 spiro atoms. The van der Waals surface area contributed by atoms with Gasteiger partial charge in [0.2, 0.25) is 5.96 Å². The minimum Gasteiger partial charge on any atom is -0.369 e. The van der Waals surface area contributed by atoms with E-state index in [1.165, 1.54) is 0 Å². The molecule has 0 heterocycles. The van der Waals surface area contributed by atoms with Crippen molar-refractivity contribution in [2.45, 2.75) is 13.8 Å². The molecule has 0 aromatic heterocycles. The fourth-order valence-corrected chi connectivity index (χ4v) is 2.17. The van der Waals surface area contributed by atoms with Crippen molar-refractivity contribution >= 4 is 29.9 Å². The summed E-state index contributed by atoms with van der Waals surface area (Å²) < 4.78 is 0. The molecule has 3 N–H and O–H groups in total. The quantitative estimate of drug-likeness (QED) is 0.506. The average Bonchev–Trinajstić information content (AvgIpc) is 2.63. The molecule has 0 radical (unpaired) electrons. The van der Waals surface area contributed by atoms with Gasteiger partial charge in [0.25, 0.3) is 11.8 Å². The number of nitrogens with zero attached hydrogens (tertiary/aromatic N) is 1. The molecule has 2 amide bonds. The first-order chi connectivity index (χ1) is 12.5. The number of aliphatic imine (C=N–C) groups is 1. The first-order valence-electron chi connectivity index (χ1n) is 8.12. The van der Waals surface area contributed by atoms with Crippen LogP contribution < -0.4 is 11.1 Å². The van der Waals surface area contributed by atoms with E-state index >= 15 is 0 Å². The number of amides is 2. The Hall–Kier alpha value is -3.47. The molecule has 26 heavy (non-hydrogen) atoms. The Labute approximate surface area is 153 Å². The van der Waals surface area contributed by atoms with E-state index in [9.17, 15) is 9.59 Å². The number of hydrogen-bond donors (Lipinski definition) is 2. The molecule has 0 atom stereocenters. The summed E-state index contributed by atoms with van der Waals surface area (Å²) in [6.45, 7) is 3.31. The molecule has 0 unspecified atom stereocenters. The number of nitrogens with two attached hydrogens (primary N) is 1. The molecular weight excluding hydrogens is 326 g/mol. The molecule has 2 rings (SSSR count). The Bertz CT molecular complexity index is 867. The SMILES string of the molecule is C/C(=C/c1ccccc1)C(=O)N=C(N)NC(=O)/C(C)=C\c1ccccc1. The molecule has 0 saturated carbocycles. The number of rotatable bonds is 4. The van der Waals surface area contributed by atoms with Crippen molar-refractivity contribution in [3.8, 4) is 0 Å². The number of nitrogens with one attached hydrogen (secondary N) is 1. The molecular formula is C21H21N3O2. The van der Waals surface area contributed by atoms with Gasteiger partial charge in [-0.3, -0.25) is 14.9 Å². The third-order valence-electron chi connectivity index (χ3n) is 3.52. The maximum atomic E-state index is 12.1. The zero-order valence-corrected chi connectivity index (χ0v) is 14.8. The van der Waals surface area contributed by atoms with Gasteiger partial charge in [0.1, 0.15) is 0 Å². The highest BCUT2D eigenvalue weighted by Gasteiger charge is 2.09. The van der Waals surface area contributed by atoms with E-state index in [4.69, 9.17) is 5.73 Å². The van der Waals surface area contributed by atoms with Crippen LogP contribution in [0.25, 0.3) is 12.2 Å². The van der Waals surface area contributed by atoms with Crippen molar-refractivity contribution < 1.29 is 9.59 Å². The summed E-state index contributed by atoms with van der Waals surface area (Å²) in [5.74, 6) is -1.15. The van der Waals surface area contributed by atoms with Gasteiger partial charge in [0.05, 0.1) is 0 Å². The first kappa shape index (κ1) is 18.9. The highest BCUT2D eigenvalue weighted by Crippen LogP contribution is 2.08. The van der Waals surface area contributed by atoms with Crippen LogP contribution in [0.15, 0.2) is 76.8 Å². The van der Waals surface area contributed by atoms with Crippen LogP contribution in [0.5, 0.6) is 0 Å². The third-order valence-corrected chi connectivity index (χ3v) is 3.52. The van der Waals surface area contributed by atoms with E-state index in [1.807, 2.05) is 60.7 Å². The Morgan fingerprint density at radius 1 is 0.846 bits per heavy atom. The van der Waals surface area contributed by atoms with Gasteiger partial charge in [0, 0.05) is 11.1 Å². The first-order valence-corrected chi connectivity index (χ1v) is 8.12. The average molecular weight is 347 g/mol. The molecule has 0 saturated heterocycles. The van der Waals surface area contributed by atoms with Crippen molar-refractivity contribution in [3.63, 3.8) is 0 Å². The molecule has 0 aliphatic heterocycles. The van der Waals surface area contributed by atoms with Gasteiger partial charge in [-0.25, -0.2) is 0 Å². The Morgan fingerprint density at radius 3 is 1.81 bits per heavy atom. The van der Waals surface area contributed by atoms with Gasteiger partial charge in [-0.2, -0.15) is 4.99 Å². The van der Waals surface area contributed by atoms with E-state index in [-0.39, 0.29) is 5.96 Å². The van der Waals surface area contributed by atoms with Crippen molar-refractivity contribution in [3.05, 3.63) is 82.9 Å². The second-order valence-corrected chi connectivity index (χ2v) is 5.73. The Balaban J connectivity index is 2.02. The van der Waals surface area contributed by atoms with Crippen molar-refractivity contribution in [1.29, 1.82) is 0 Å². The molecule has 0 fully saturated rings. The van der Waals surface area contributed by atoms with Crippen LogP contribution in [0.4, 0.5) is 0 Å². The molecule has 0 aliphatic rings. The molecule has 0 bridgehead atoms. The van der Waals surface area contributed by atoms with Crippen LogP contribution >= 0.6 is 0 Å². The minimum absolute atomic E-state index is 0.235. The van der Waals surface area contributed by atoms with Gasteiger partial charge in [-0.15, -0.1) is 0 Å². The van der Waals surface area contributed by atoms with Crippen LogP contribution in [0.3, 0.4) is 0 Å². The zero-order chi connectivity index (χ0) is 18.9. The van der Waals surface area contributed by atoms with Gasteiger partial charge in [-0.1, -0.05) is 60.7 Å². The lowest BCUT2D eigenvalue weighted by Crippen LogP contribution is -2.37. The van der Waals surface area contributed by atoms with Gasteiger partial charge < -0.3 is 5.73 Å². The monoisotopic (exact) mass is 347 g/mol.